The van der Waals surface area contributed by atoms with E-state index in [2.05, 4.69) is 33.0 Å². The molecule has 1 fully saturated rings. The zero-order valence-electron chi connectivity index (χ0n) is 11.7. The molecule has 1 aliphatic rings. The molecule has 1 N–H and O–H groups in total. The van der Waals surface area contributed by atoms with Crippen LogP contribution in [0.25, 0.3) is 5.69 Å². The molecule has 1 saturated carbocycles. The number of anilines is 1. The van der Waals surface area contributed by atoms with Crippen LogP contribution in [-0.4, -0.2) is 26.8 Å². The monoisotopic (exact) mass is 271 g/mol. The van der Waals surface area contributed by atoms with Crippen molar-refractivity contribution in [1.29, 1.82) is 0 Å². The Bertz CT molecular complexity index is 500. The third-order valence-electron chi connectivity index (χ3n) is 4.09. The van der Waals surface area contributed by atoms with E-state index in [1.165, 1.54) is 38.5 Å². The van der Waals surface area contributed by atoms with Crippen molar-refractivity contribution in [2.75, 3.05) is 11.9 Å². The van der Waals surface area contributed by atoms with E-state index in [9.17, 15) is 0 Å². The van der Waals surface area contributed by atoms with Gasteiger partial charge in [-0.05, 0) is 47.0 Å². The van der Waals surface area contributed by atoms with Crippen molar-refractivity contribution < 1.29 is 0 Å². The Kier molecular flexibility index (Phi) is 4.25. The normalized spacial score (nSPS) is 16.2. The molecule has 2 aromatic rings. The second kappa shape index (κ2) is 6.50. The minimum Gasteiger partial charge on any atom is -0.385 e. The van der Waals surface area contributed by atoms with Crippen LogP contribution in [0.2, 0.25) is 0 Å². The van der Waals surface area contributed by atoms with Crippen LogP contribution in [-0.2, 0) is 0 Å². The lowest BCUT2D eigenvalue weighted by molar-refractivity contribution is 0.345. The topological polar surface area (TPSA) is 55.6 Å². The van der Waals surface area contributed by atoms with Crippen molar-refractivity contribution in [3.05, 3.63) is 30.6 Å². The largest absolute Gasteiger partial charge is 0.385 e. The summed E-state index contributed by atoms with van der Waals surface area (Å²) in [5.74, 6) is 0.928. The minimum atomic E-state index is 0.928. The van der Waals surface area contributed by atoms with Crippen LogP contribution >= 0.6 is 0 Å². The first-order valence-corrected chi connectivity index (χ1v) is 7.49. The summed E-state index contributed by atoms with van der Waals surface area (Å²) in [6.07, 6.45) is 10.00. The molecule has 0 atom stereocenters. The number of hydrogen-bond donors (Lipinski definition) is 1. The lowest BCUT2D eigenvalue weighted by Gasteiger charge is -2.21. The molecular weight excluding hydrogens is 250 g/mol. The fourth-order valence-electron chi connectivity index (χ4n) is 2.91. The first-order chi connectivity index (χ1) is 9.92. The SMILES string of the molecule is c1cc(-n2cnnn2)ccc1NCCC1CCCCC1. The molecular formula is C15H21N5. The summed E-state index contributed by atoms with van der Waals surface area (Å²) in [4.78, 5) is 0. The standard InChI is InChI=1S/C15H21N5/c1-2-4-13(5-3-1)10-11-16-14-6-8-15(9-7-14)20-12-17-18-19-20/h6-9,12-13,16H,1-5,10-11H2. The van der Waals surface area contributed by atoms with E-state index in [1.807, 2.05) is 12.1 Å². The third-order valence-corrected chi connectivity index (χ3v) is 4.09. The van der Waals surface area contributed by atoms with Gasteiger partial charge in [-0.15, -0.1) is 5.10 Å². The zero-order valence-corrected chi connectivity index (χ0v) is 11.7. The molecule has 1 aromatic carbocycles. The average Bonchev–Trinajstić information content (AvgIpc) is 3.03. The molecule has 20 heavy (non-hydrogen) atoms. The molecule has 0 bridgehead atoms. The maximum absolute atomic E-state index is 3.87. The Hall–Kier alpha value is -1.91. The summed E-state index contributed by atoms with van der Waals surface area (Å²) >= 11 is 0. The Balaban J connectivity index is 1.48. The highest BCUT2D eigenvalue weighted by Crippen LogP contribution is 2.26. The number of aromatic nitrogens is 4. The number of benzene rings is 1. The molecule has 0 aliphatic heterocycles. The molecule has 1 aliphatic carbocycles. The van der Waals surface area contributed by atoms with E-state index in [-0.39, 0.29) is 0 Å². The van der Waals surface area contributed by atoms with Crippen molar-refractivity contribution in [2.45, 2.75) is 38.5 Å². The number of rotatable bonds is 5. The Morgan fingerprint density at radius 2 is 1.90 bits per heavy atom. The van der Waals surface area contributed by atoms with Gasteiger partial charge in [0, 0.05) is 12.2 Å². The van der Waals surface area contributed by atoms with Crippen LogP contribution < -0.4 is 5.32 Å². The smallest absolute Gasteiger partial charge is 0.143 e. The van der Waals surface area contributed by atoms with Crippen LogP contribution in [0.15, 0.2) is 30.6 Å². The maximum atomic E-state index is 3.87. The van der Waals surface area contributed by atoms with Gasteiger partial charge in [0.05, 0.1) is 5.69 Å². The molecule has 5 heteroatoms. The van der Waals surface area contributed by atoms with Crippen LogP contribution in [0.3, 0.4) is 0 Å². The van der Waals surface area contributed by atoms with E-state index < -0.39 is 0 Å². The van der Waals surface area contributed by atoms with Crippen molar-refractivity contribution >= 4 is 5.69 Å². The van der Waals surface area contributed by atoms with Gasteiger partial charge in [0.2, 0.25) is 0 Å². The Morgan fingerprint density at radius 3 is 2.60 bits per heavy atom. The summed E-state index contributed by atoms with van der Waals surface area (Å²) in [5, 5.41) is 14.7. The molecule has 0 spiro atoms. The molecule has 3 rings (SSSR count). The second-order valence-corrected chi connectivity index (χ2v) is 5.52. The molecule has 5 nitrogen and oxygen atoms in total. The van der Waals surface area contributed by atoms with E-state index in [0.29, 0.717) is 0 Å². The van der Waals surface area contributed by atoms with Gasteiger partial charge in [-0.25, -0.2) is 4.68 Å². The molecule has 106 valence electrons. The first kappa shape index (κ1) is 13.1. The molecule has 1 heterocycles. The predicted molar refractivity (Wildman–Crippen MR) is 78.8 cm³/mol. The minimum absolute atomic E-state index is 0.928. The van der Waals surface area contributed by atoms with E-state index >= 15 is 0 Å². The highest BCUT2D eigenvalue weighted by atomic mass is 15.5. The van der Waals surface area contributed by atoms with Crippen LogP contribution in [0.4, 0.5) is 5.69 Å². The lowest BCUT2D eigenvalue weighted by atomic mass is 9.87. The summed E-state index contributed by atoms with van der Waals surface area (Å²) in [6, 6.07) is 8.22. The molecule has 0 radical (unpaired) electrons. The van der Waals surface area contributed by atoms with Gasteiger partial charge >= 0.3 is 0 Å². The van der Waals surface area contributed by atoms with E-state index in [4.69, 9.17) is 0 Å². The van der Waals surface area contributed by atoms with Crippen LogP contribution in [0.1, 0.15) is 38.5 Å². The third kappa shape index (κ3) is 3.35. The van der Waals surface area contributed by atoms with Gasteiger partial charge in [0.1, 0.15) is 6.33 Å². The average molecular weight is 271 g/mol. The molecule has 1 aromatic heterocycles. The van der Waals surface area contributed by atoms with E-state index in [1.54, 1.807) is 11.0 Å². The zero-order chi connectivity index (χ0) is 13.6. The van der Waals surface area contributed by atoms with Crippen LogP contribution in [0.5, 0.6) is 0 Å². The highest BCUT2D eigenvalue weighted by Gasteiger charge is 2.12. The lowest BCUT2D eigenvalue weighted by Crippen LogP contribution is -2.12. The maximum Gasteiger partial charge on any atom is 0.143 e. The predicted octanol–water partition coefficient (Wildman–Crippen LogP) is 3.04. The number of nitrogens with one attached hydrogen (secondary N) is 1. The quantitative estimate of drug-likeness (QED) is 0.908. The van der Waals surface area contributed by atoms with Gasteiger partial charge in [0.15, 0.2) is 0 Å². The van der Waals surface area contributed by atoms with Crippen molar-refractivity contribution in [3.8, 4) is 5.69 Å². The van der Waals surface area contributed by atoms with Gasteiger partial charge in [-0.1, -0.05) is 32.1 Å². The Labute approximate surface area is 119 Å². The van der Waals surface area contributed by atoms with Crippen molar-refractivity contribution in [3.63, 3.8) is 0 Å². The Morgan fingerprint density at radius 1 is 1.10 bits per heavy atom. The fraction of sp³-hybridized carbons (Fsp3) is 0.533. The highest BCUT2D eigenvalue weighted by molar-refractivity contribution is 5.48. The second-order valence-electron chi connectivity index (χ2n) is 5.52. The van der Waals surface area contributed by atoms with Gasteiger partial charge in [0.25, 0.3) is 0 Å². The van der Waals surface area contributed by atoms with Gasteiger partial charge in [-0.2, -0.15) is 0 Å². The van der Waals surface area contributed by atoms with Crippen molar-refractivity contribution in [1.82, 2.24) is 20.2 Å². The molecule has 0 amide bonds. The first-order valence-electron chi connectivity index (χ1n) is 7.49. The summed E-state index contributed by atoms with van der Waals surface area (Å²) in [5.41, 5.74) is 2.14. The van der Waals surface area contributed by atoms with Gasteiger partial charge in [-0.3, -0.25) is 0 Å². The van der Waals surface area contributed by atoms with Gasteiger partial charge < -0.3 is 5.32 Å². The number of hydrogen-bond acceptors (Lipinski definition) is 4. The number of nitrogens with zero attached hydrogens (tertiary/aromatic N) is 4. The number of tetrazole rings is 1. The molecule has 0 unspecified atom stereocenters. The summed E-state index contributed by atoms with van der Waals surface area (Å²) in [6.45, 7) is 1.06. The van der Waals surface area contributed by atoms with Crippen molar-refractivity contribution in [2.24, 2.45) is 5.92 Å². The summed E-state index contributed by atoms with van der Waals surface area (Å²) < 4.78 is 1.66. The van der Waals surface area contributed by atoms with Crippen LogP contribution in [0, 0.1) is 5.92 Å². The van der Waals surface area contributed by atoms with E-state index in [0.717, 1.165) is 23.8 Å². The fourth-order valence-corrected chi connectivity index (χ4v) is 2.91. The molecule has 0 saturated heterocycles. The summed E-state index contributed by atoms with van der Waals surface area (Å²) in [7, 11) is 0.